The molecule has 0 fully saturated rings. The second kappa shape index (κ2) is 7.96. The van der Waals surface area contributed by atoms with Gasteiger partial charge in [-0.1, -0.05) is 42.1 Å². The highest BCUT2D eigenvalue weighted by atomic mass is 32.2. The van der Waals surface area contributed by atoms with Crippen LogP contribution in [-0.2, 0) is 4.79 Å². The van der Waals surface area contributed by atoms with Crippen LogP contribution >= 0.6 is 11.8 Å². The third-order valence-electron chi connectivity index (χ3n) is 4.45. The van der Waals surface area contributed by atoms with Gasteiger partial charge in [-0.3, -0.25) is 9.47 Å². The molecular formula is C21H17N5O3S. The second-order valence-electron chi connectivity index (χ2n) is 6.45. The lowest BCUT2D eigenvalue weighted by atomic mass is 10.2. The molecule has 4 aromatic rings. The largest absolute Gasteiger partial charge is 0.454 e. The SMILES string of the molecule is O=C(CSc1nnc(-c2ccccc2)n1-n1cccc1)Nc1ccc2c(c1)OCO2. The number of hydrogen-bond donors (Lipinski definition) is 1. The molecule has 3 heterocycles. The van der Waals surface area contributed by atoms with Crippen molar-refractivity contribution in [2.24, 2.45) is 0 Å². The molecule has 0 atom stereocenters. The fraction of sp³-hybridized carbons (Fsp3) is 0.0952. The van der Waals surface area contributed by atoms with Crippen LogP contribution in [0.1, 0.15) is 0 Å². The maximum atomic E-state index is 12.5. The maximum absolute atomic E-state index is 12.5. The van der Waals surface area contributed by atoms with Gasteiger partial charge < -0.3 is 14.8 Å². The lowest BCUT2D eigenvalue weighted by molar-refractivity contribution is -0.113. The zero-order valence-electron chi connectivity index (χ0n) is 15.8. The molecule has 0 radical (unpaired) electrons. The number of amides is 1. The lowest BCUT2D eigenvalue weighted by Gasteiger charge is -2.11. The first-order valence-electron chi connectivity index (χ1n) is 9.25. The third kappa shape index (κ3) is 3.62. The normalized spacial score (nSPS) is 12.1. The van der Waals surface area contributed by atoms with E-state index in [1.54, 1.807) is 18.2 Å². The Balaban J connectivity index is 1.34. The van der Waals surface area contributed by atoms with E-state index in [9.17, 15) is 4.79 Å². The standard InChI is InChI=1S/C21H17N5O3S/c27-19(22-16-8-9-17-18(12-16)29-14-28-17)13-30-21-24-23-20(15-6-2-1-3-7-15)26(21)25-10-4-5-11-25/h1-12H,13-14H2,(H,22,27). The molecule has 0 bridgehead atoms. The number of rotatable bonds is 6. The summed E-state index contributed by atoms with van der Waals surface area (Å²) in [5.41, 5.74) is 1.59. The van der Waals surface area contributed by atoms with Crippen LogP contribution in [0, 0.1) is 0 Å². The fourth-order valence-corrected chi connectivity index (χ4v) is 3.83. The Morgan fingerprint density at radius 2 is 1.80 bits per heavy atom. The molecule has 0 spiro atoms. The monoisotopic (exact) mass is 419 g/mol. The number of benzene rings is 2. The number of anilines is 1. The molecule has 1 aliphatic rings. The molecule has 1 aliphatic heterocycles. The minimum Gasteiger partial charge on any atom is -0.454 e. The topological polar surface area (TPSA) is 83.2 Å². The van der Waals surface area contributed by atoms with E-state index in [0.29, 0.717) is 28.2 Å². The van der Waals surface area contributed by atoms with Crippen molar-refractivity contribution in [1.29, 1.82) is 0 Å². The Labute approximate surface area is 176 Å². The first-order chi connectivity index (χ1) is 14.8. The van der Waals surface area contributed by atoms with Gasteiger partial charge in [-0.15, -0.1) is 10.2 Å². The molecule has 9 heteroatoms. The first kappa shape index (κ1) is 18.3. The number of aromatic nitrogens is 4. The van der Waals surface area contributed by atoms with Gasteiger partial charge in [0.25, 0.3) is 0 Å². The van der Waals surface area contributed by atoms with Crippen molar-refractivity contribution in [3.8, 4) is 22.9 Å². The van der Waals surface area contributed by atoms with Gasteiger partial charge in [0.05, 0.1) is 5.75 Å². The van der Waals surface area contributed by atoms with Crippen LogP contribution in [0.5, 0.6) is 11.5 Å². The molecule has 150 valence electrons. The van der Waals surface area contributed by atoms with E-state index in [0.717, 1.165) is 5.56 Å². The zero-order chi connectivity index (χ0) is 20.3. The Kier molecular flexibility index (Phi) is 4.86. The Bertz CT molecular complexity index is 1170. The molecule has 0 aliphatic carbocycles. The van der Waals surface area contributed by atoms with Crippen molar-refractivity contribution < 1.29 is 14.3 Å². The number of fused-ring (bicyclic) bond motifs is 1. The summed E-state index contributed by atoms with van der Waals surface area (Å²) in [6.45, 7) is 0.196. The Morgan fingerprint density at radius 1 is 1.00 bits per heavy atom. The molecule has 2 aromatic heterocycles. The van der Waals surface area contributed by atoms with E-state index in [4.69, 9.17) is 9.47 Å². The predicted molar refractivity (Wildman–Crippen MR) is 113 cm³/mol. The third-order valence-corrected chi connectivity index (χ3v) is 5.37. The highest BCUT2D eigenvalue weighted by Crippen LogP contribution is 2.34. The van der Waals surface area contributed by atoms with Gasteiger partial charge in [-0.25, -0.2) is 4.68 Å². The summed E-state index contributed by atoms with van der Waals surface area (Å²) in [6.07, 6.45) is 3.82. The first-order valence-corrected chi connectivity index (χ1v) is 10.2. The Hall–Kier alpha value is -3.72. The number of hydrogen-bond acceptors (Lipinski definition) is 6. The number of carbonyl (C=O) groups excluding carboxylic acids is 1. The molecule has 1 N–H and O–H groups in total. The highest BCUT2D eigenvalue weighted by molar-refractivity contribution is 7.99. The van der Waals surface area contributed by atoms with E-state index >= 15 is 0 Å². The summed E-state index contributed by atoms with van der Waals surface area (Å²) >= 11 is 1.31. The minimum absolute atomic E-state index is 0.151. The van der Waals surface area contributed by atoms with Crippen LogP contribution in [0.25, 0.3) is 11.4 Å². The van der Waals surface area contributed by atoms with Gasteiger partial charge >= 0.3 is 0 Å². The van der Waals surface area contributed by atoms with Gasteiger partial charge in [0.15, 0.2) is 17.3 Å². The van der Waals surface area contributed by atoms with Crippen molar-refractivity contribution in [3.63, 3.8) is 0 Å². The number of nitrogens with zero attached hydrogens (tertiary/aromatic N) is 4. The van der Waals surface area contributed by atoms with E-state index in [1.165, 1.54) is 11.8 Å². The van der Waals surface area contributed by atoms with E-state index < -0.39 is 0 Å². The van der Waals surface area contributed by atoms with Gasteiger partial charge in [-0.2, -0.15) is 0 Å². The van der Waals surface area contributed by atoms with Gasteiger partial charge in [0, 0.05) is 29.7 Å². The van der Waals surface area contributed by atoms with Crippen LogP contribution in [0.15, 0.2) is 78.2 Å². The average Bonchev–Trinajstić information content (AvgIpc) is 3.52. The zero-order valence-corrected chi connectivity index (χ0v) is 16.6. The highest BCUT2D eigenvalue weighted by Gasteiger charge is 2.18. The van der Waals surface area contributed by atoms with Crippen molar-refractivity contribution in [2.75, 3.05) is 17.9 Å². The second-order valence-corrected chi connectivity index (χ2v) is 7.39. The van der Waals surface area contributed by atoms with Crippen molar-refractivity contribution >= 4 is 23.4 Å². The molecule has 2 aromatic carbocycles. The number of nitrogens with one attached hydrogen (secondary N) is 1. The molecule has 1 amide bonds. The molecule has 0 unspecified atom stereocenters. The summed E-state index contributed by atoms with van der Waals surface area (Å²) < 4.78 is 14.4. The van der Waals surface area contributed by atoms with Crippen molar-refractivity contribution in [3.05, 3.63) is 73.1 Å². The molecule has 30 heavy (non-hydrogen) atoms. The van der Waals surface area contributed by atoms with Crippen LogP contribution < -0.4 is 14.8 Å². The summed E-state index contributed by atoms with van der Waals surface area (Å²) in [5, 5.41) is 12.2. The Morgan fingerprint density at radius 3 is 2.63 bits per heavy atom. The van der Waals surface area contributed by atoms with Crippen molar-refractivity contribution in [1.82, 2.24) is 19.5 Å². The summed E-state index contributed by atoms with van der Waals surface area (Å²) in [7, 11) is 0. The lowest BCUT2D eigenvalue weighted by Crippen LogP contribution is -2.15. The molecular weight excluding hydrogens is 402 g/mol. The quantitative estimate of drug-likeness (QED) is 0.482. The van der Waals surface area contributed by atoms with Crippen LogP contribution in [0.3, 0.4) is 0 Å². The summed E-state index contributed by atoms with van der Waals surface area (Å²) in [5.74, 6) is 2.03. The number of carbonyl (C=O) groups is 1. The number of thioether (sulfide) groups is 1. The molecule has 5 rings (SSSR count). The van der Waals surface area contributed by atoms with Gasteiger partial charge in [0.2, 0.25) is 17.9 Å². The van der Waals surface area contributed by atoms with Crippen LogP contribution in [0.4, 0.5) is 5.69 Å². The minimum atomic E-state index is -0.151. The van der Waals surface area contributed by atoms with Gasteiger partial charge in [-0.05, 0) is 24.3 Å². The smallest absolute Gasteiger partial charge is 0.234 e. The molecule has 8 nitrogen and oxygen atoms in total. The fourth-order valence-electron chi connectivity index (χ4n) is 3.09. The van der Waals surface area contributed by atoms with E-state index in [2.05, 4.69) is 15.5 Å². The summed E-state index contributed by atoms with van der Waals surface area (Å²) in [4.78, 5) is 12.5. The van der Waals surface area contributed by atoms with E-state index in [-0.39, 0.29) is 18.5 Å². The predicted octanol–water partition coefficient (Wildman–Crippen LogP) is 3.52. The molecule has 0 saturated heterocycles. The average molecular weight is 419 g/mol. The maximum Gasteiger partial charge on any atom is 0.234 e. The van der Waals surface area contributed by atoms with Crippen molar-refractivity contribution in [2.45, 2.75) is 5.16 Å². The van der Waals surface area contributed by atoms with Crippen LogP contribution in [-0.4, -0.2) is 38.0 Å². The number of ether oxygens (including phenoxy) is 2. The van der Waals surface area contributed by atoms with Crippen LogP contribution in [0.2, 0.25) is 0 Å². The molecule has 0 saturated carbocycles. The van der Waals surface area contributed by atoms with Gasteiger partial charge in [0.1, 0.15) is 0 Å². The summed E-state index contributed by atoms with van der Waals surface area (Å²) in [6, 6.07) is 19.0. The van der Waals surface area contributed by atoms with E-state index in [1.807, 2.05) is 64.2 Å².